The van der Waals surface area contributed by atoms with E-state index in [1.165, 1.54) is 11.1 Å². The number of nitrogens with zero attached hydrogens (tertiary/aromatic N) is 2. The summed E-state index contributed by atoms with van der Waals surface area (Å²) in [4.78, 5) is 15.1. The fourth-order valence-electron chi connectivity index (χ4n) is 2.53. The van der Waals surface area contributed by atoms with Crippen molar-refractivity contribution >= 4 is 12.4 Å². The van der Waals surface area contributed by atoms with Gasteiger partial charge in [-0.25, -0.2) is 4.98 Å². The van der Waals surface area contributed by atoms with Gasteiger partial charge in [-0.05, 0) is 43.0 Å². The van der Waals surface area contributed by atoms with Crippen LogP contribution in [0.15, 0.2) is 30.6 Å². The van der Waals surface area contributed by atoms with Crippen molar-refractivity contribution in [2.45, 2.75) is 19.8 Å². The highest BCUT2D eigenvalue weighted by Crippen LogP contribution is 2.27. The van der Waals surface area contributed by atoms with E-state index < -0.39 is 0 Å². The van der Waals surface area contributed by atoms with E-state index in [0.29, 0.717) is 5.69 Å². The highest BCUT2D eigenvalue weighted by atomic mass is 16.1. The van der Waals surface area contributed by atoms with Crippen molar-refractivity contribution in [1.82, 2.24) is 9.55 Å². The monoisotopic (exact) mass is 238 g/mol. The molecule has 0 saturated heterocycles. The number of hydrogen-bond acceptors (Lipinski definition) is 2. The summed E-state index contributed by atoms with van der Waals surface area (Å²) in [5, 5.41) is 0. The third-order valence-electron chi connectivity index (χ3n) is 3.36. The fraction of sp³-hybridized carbons (Fsp3) is 0.200. The summed E-state index contributed by atoms with van der Waals surface area (Å²) in [6.07, 6.45) is 8.56. The lowest BCUT2D eigenvalue weighted by atomic mass is 9.98. The Hall–Kier alpha value is -2.16. The van der Waals surface area contributed by atoms with Crippen LogP contribution in [-0.2, 0) is 12.8 Å². The second-order valence-corrected chi connectivity index (χ2v) is 4.45. The van der Waals surface area contributed by atoms with Gasteiger partial charge in [-0.15, -0.1) is 0 Å². The van der Waals surface area contributed by atoms with Gasteiger partial charge in [0.1, 0.15) is 12.0 Å². The van der Waals surface area contributed by atoms with Gasteiger partial charge in [0.15, 0.2) is 6.29 Å². The number of rotatable bonds is 2. The van der Waals surface area contributed by atoms with Crippen LogP contribution in [0.3, 0.4) is 0 Å². The van der Waals surface area contributed by atoms with Crippen molar-refractivity contribution in [2.24, 2.45) is 0 Å². The molecular formula is C15H14N2O. The zero-order chi connectivity index (χ0) is 12.5. The molecule has 1 aromatic heterocycles. The average molecular weight is 238 g/mol. The lowest BCUT2D eigenvalue weighted by Gasteiger charge is -2.19. The minimum Gasteiger partial charge on any atom is -0.302 e. The lowest BCUT2D eigenvalue weighted by Crippen LogP contribution is -2.12. The Morgan fingerprint density at radius 1 is 1.33 bits per heavy atom. The third kappa shape index (κ3) is 1.59. The number of aryl methyl sites for hydroxylation is 1. The Labute approximate surface area is 106 Å². The number of benzene rings is 1. The van der Waals surface area contributed by atoms with E-state index in [1.54, 1.807) is 6.33 Å². The number of carbonyl (C=O) groups excluding carboxylic acids is 1. The van der Waals surface area contributed by atoms with Crippen LogP contribution >= 0.6 is 0 Å². The van der Waals surface area contributed by atoms with Gasteiger partial charge in [0, 0.05) is 0 Å². The second kappa shape index (κ2) is 4.26. The molecule has 0 atom stereocenters. The molecule has 3 heteroatoms. The van der Waals surface area contributed by atoms with E-state index in [0.717, 1.165) is 30.5 Å². The molecule has 0 spiro atoms. The van der Waals surface area contributed by atoms with Gasteiger partial charge in [-0.2, -0.15) is 0 Å². The van der Waals surface area contributed by atoms with Crippen LogP contribution in [0.1, 0.15) is 34.2 Å². The predicted molar refractivity (Wildman–Crippen MR) is 71.1 cm³/mol. The Bertz CT molecular complexity index is 638. The van der Waals surface area contributed by atoms with Crippen LogP contribution in [0.4, 0.5) is 0 Å². The number of allylic oxidation sites excluding steroid dienone is 1. The molecule has 0 saturated carbocycles. The summed E-state index contributed by atoms with van der Waals surface area (Å²) >= 11 is 0. The molecule has 1 aliphatic heterocycles. The number of aldehydes is 1. The molecule has 0 unspecified atom stereocenters. The van der Waals surface area contributed by atoms with Crippen molar-refractivity contribution in [3.8, 4) is 5.69 Å². The topological polar surface area (TPSA) is 34.9 Å². The summed E-state index contributed by atoms with van der Waals surface area (Å²) < 4.78 is 2.03. The first kappa shape index (κ1) is 11.0. The molecule has 2 heterocycles. The van der Waals surface area contributed by atoms with Gasteiger partial charge in [0.05, 0.1) is 11.4 Å². The van der Waals surface area contributed by atoms with Gasteiger partial charge in [0.2, 0.25) is 0 Å². The van der Waals surface area contributed by atoms with Gasteiger partial charge in [0.25, 0.3) is 0 Å². The first-order valence-electron chi connectivity index (χ1n) is 6.11. The molecule has 0 bridgehead atoms. The molecule has 0 fully saturated rings. The molecule has 0 N–H and O–H groups in total. The first-order valence-corrected chi connectivity index (χ1v) is 6.11. The maximum Gasteiger partial charge on any atom is 0.170 e. The maximum atomic E-state index is 10.9. The van der Waals surface area contributed by atoms with Crippen LogP contribution in [0.25, 0.3) is 11.8 Å². The number of aromatic nitrogens is 2. The van der Waals surface area contributed by atoms with Gasteiger partial charge in [-0.1, -0.05) is 18.2 Å². The standard InChI is InChI=1S/C15H14N2O/c1-2-3-11-4-6-14-12(8-11)5-7-15-13(9-18)16-10-17(14)15/h2-4,6,8-10H,5,7H2,1H3/b3-2+. The predicted octanol–water partition coefficient (Wildman–Crippen LogP) is 2.82. The van der Waals surface area contributed by atoms with Gasteiger partial charge < -0.3 is 4.57 Å². The van der Waals surface area contributed by atoms with Crippen molar-refractivity contribution < 1.29 is 4.79 Å². The van der Waals surface area contributed by atoms with Crippen molar-refractivity contribution in [3.05, 3.63) is 53.1 Å². The molecular weight excluding hydrogens is 224 g/mol. The lowest BCUT2D eigenvalue weighted by molar-refractivity contribution is 0.111. The summed E-state index contributed by atoms with van der Waals surface area (Å²) in [7, 11) is 0. The summed E-state index contributed by atoms with van der Waals surface area (Å²) in [6.45, 7) is 2.02. The molecule has 3 rings (SSSR count). The number of hydrogen-bond donors (Lipinski definition) is 0. The number of imidazole rings is 1. The average Bonchev–Trinajstić information content (AvgIpc) is 2.82. The molecule has 18 heavy (non-hydrogen) atoms. The van der Waals surface area contributed by atoms with E-state index in [2.05, 4.69) is 29.3 Å². The van der Waals surface area contributed by atoms with E-state index in [9.17, 15) is 4.79 Å². The normalized spacial score (nSPS) is 13.4. The molecule has 0 aliphatic carbocycles. The SMILES string of the molecule is C/C=C/c1ccc2c(c1)CCc1c(C=O)ncn1-2. The first-order chi connectivity index (χ1) is 8.83. The number of carbonyl (C=O) groups is 1. The van der Waals surface area contributed by atoms with Crippen LogP contribution in [0.5, 0.6) is 0 Å². The quantitative estimate of drug-likeness (QED) is 0.754. The van der Waals surface area contributed by atoms with E-state index >= 15 is 0 Å². The minimum atomic E-state index is 0.568. The highest BCUT2D eigenvalue weighted by molar-refractivity contribution is 5.74. The summed E-state index contributed by atoms with van der Waals surface area (Å²) in [5.41, 5.74) is 5.27. The Balaban J connectivity index is 2.13. The fourth-order valence-corrected chi connectivity index (χ4v) is 2.53. The molecule has 1 aliphatic rings. The Morgan fingerprint density at radius 2 is 2.22 bits per heavy atom. The van der Waals surface area contributed by atoms with Crippen LogP contribution < -0.4 is 0 Å². The van der Waals surface area contributed by atoms with E-state index in [4.69, 9.17) is 0 Å². The maximum absolute atomic E-state index is 10.9. The molecule has 3 nitrogen and oxygen atoms in total. The third-order valence-corrected chi connectivity index (χ3v) is 3.36. The van der Waals surface area contributed by atoms with Gasteiger partial charge in [-0.3, -0.25) is 4.79 Å². The Morgan fingerprint density at radius 3 is 3.00 bits per heavy atom. The van der Waals surface area contributed by atoms with Crippen LogP contribution in [0.2, 0.25) is 0 Å². The van der Waals surface area contributed by atoms with Crippen molar-refractivity contribution in [3.63, 3.8) is 0 Å². The zero-order valence-corrected chi connectivity index (χ0v) is 10.3. The minimum absolute atomic E-state index is 0.568. The summed E-state index contributed by atoms with van der Waals surface area (Å²) in [5.74, 6) is 0. The largest absolute Gasteiger partial charge is 0.302 e. The molecule has 0 amide bonds. The second-order valence-electron chi connectivity index (χ2n) is 4.45. The zero-order valence-electron chi connectivity index (χ0n) is 10.3. The molecule has 90 valence electrons. The molecule has 2 aromatic rings. The van der Waals surface area contributed by atoms with Crippen molar-refractivity contribution in [2.75, 3.05) is 0 Å². The Kier molecular flexibility index (Phi) is 2.59. The van der Waals surface area contributed by atoms with Crippen LogP contribution in [-0.4, -0.2) is 15.8 Å². The summed E-state index contributed by atoms with van der Waals surface area (Å²) in [6, 6.07) is 6.40. The molecule has 1 aromatic carbocycles. The highest BCUT2D eigenvalue weighted by Gasteiger charge is 2.19. The molecule has 0 radical (unpaired) electrons. The van der Waals surface area contributed by atoms with E-state index in [1.807, 2.05) is 17.6 Å². The van der Waals surface area contributed by atoms with Crippen molar-refractivity contribution in [1.29, 1.82) is 0 Å². The van der Waals surface area contributed by atoms with Gasteiger partial charge >= 0.3 is 0 Å². The number of fused-ring (bicyclic) bond motifs is 3. The van der Waals surface area contributed by atoms with E-state index in [-0.39, 0.29) is 0 Å². The smallest absolute Gasteiger partial charge is 0.170 e. The van der Waals surface area contributed by atoms with Crippen LogP contribution in [0, 0.1) is 0 Å².